The lowest BCUT2D eigenvalue weighted by Crippen LogP contribution is -2.33. The van der Waals surface area contributed by atoms with E-state index >= 15 is 0 Å². The summed E-state index contributed by atoms with van der Waals surface area (Å²) in [5.41, 5.74) is 3.45. The second-order valence-electron chi connectivity index (χ2n) is 6.63. The van der Waals surface area contributed by atoms with Gasteiger partial charge in [-0.05, 0) is 56.2 Å². The highest BCUT2D eigenvalue weighted by Crippen LogP contribution is 2.34. The van der Waals surface area contributed by atoms with Crippen LogP contribution in [0.2, 0.25) is 5.02 Å². The Bertz CT molecular complexity index is 1030. The number of hydrogen-bond acceptors (Lipinski definition) is 2. The summed E-state index contributed by atoms with van der Waals surface area (Å²) in [5, 5.41) is 0.437. The summed E-state index contributed by atoms with van der Waals surface area (Å²) in [6.45, 7) is 5.72. The fourth-order valence-corrected chi connectivity index (χ4v) is 4.89. The van der Waals surface area contributed by atoms with Crippen molar-refractivity contribution < 1.29 is 8.42 Å². The standard InChI is InChI=1S/C22H22ClNO2S/c1-16-9-12-20(13-10-16)24(18(3)19-7-5-4-6-8-19)27(25,26)21-14-11-17(2)22(23)15-21/h4-15,18H,1-3H3/t18-/m0/s1. The van der Waals surface area contributed by atoms with Gasteiger partial charge in [0, 0.05) is 5.02 Å². The molecule has 0 aliphatic rings. The van der Waals surface area contributed by atoms with E-state index in [2.05, 4.69) is 0 Å². The van der Waals surface area contributed by atoms with Gasteiger partial charge in [-0.25, -0.2) is 8.42 Å². The van der Waals surface area contributed by atoms with Crippen LogP contribution in [0.25, 0.3) is 0 Å². The van der Waals surface area contributed by atoms with E-state index in [-0.39, 0.29) is 10.9 Å². The molecule has 0 bridgehead atoms. The van der Waals surface area contributed by atoms with Crippen molar-refractivity contribution in [3.8, 4) is 0 Å². The van der Waals surface area contributed by atoms with E-state index in [0.717, 1.165) is 16.7 Å². The zero-order chi connectivity index (χ0) is 19.6. The van der Waals surface area contributed by atoms with Gasteiger partial charge in [-0.3, -0.25) is 4.31 Å². The van der Waals surface area contributed by atoms with Gasteiger partial charge in [0.1, 0.15) is 0 Å². The molecule has 0 N–H and O–H groups in total. The van der Waals surface area contributed by atoms with E-state index in [1.807, 2.05) is 75.4 Å². The number of hydrogen-bond donors (Lipinski definition) is 0. The van der Waals surface area contributed by atoms with Crippen LogP contribution in [0.1, 0.15) is 29.7 Å². The minimum absolute atomic E-state index is 0.182. The second kappa shape index (κ2) is 7.75. The van der Waals surface area contributed by atoms with Gasteiger partial charge < -0.3 is 0 Å². The topological polar surface area (TPSA) is 37.4 Å². The molecule has 0 spiro atoms. The maximum atomic E-state index is 13.6. The number of aryl methyl sites for hydroxylation is 2. The van der Waals surface area contributed by atoms with Crippen LogP contribution in [0.4, 0.5) is 5.69 Å². The summed E-state index contributed by atoms with van der Waals surface area (Å²) in [6, 6.07) is 21.6. The molecule has 1 atom stereocenters. The van der Waals surface area contributed by atoms with Gasteiger partial charge in [0.2, 0.25) is 0 Å². The molecule has 27 heavy (non-hydrogen) atoms. The third-order valence-corrected chi connectivity index (χ3v) is 6.92. The molecule has 3 rings (SSSR count). The van der Waals surface area contributed by atoms with Gasteiger partial charge in [-0.1, -0.05) is 65.7 Å². The lowest BCUT2D eigenvalue weighted by atomic mass is 10.1. The summed E-state index contributed by atoms with van der Waals surface area (Å²) in [4.78, 5) is 0.182. The smallest absolute Gasteiger partial charge is 0.259 e. The first-order valence-corrected chi connectivity index (χ1v) is 10.5. The first kappa shape index (κ1) is 19.5. The van der Waals surface area contributed by atoms with Crippen LogP contribution in [-0.4, -0.2) is 8.42 Å². The van der Waals surface area contributed by atoms with Crippen LogP contribution in [0.3, 0.4) is 0 Å². The highest BCUT2D eigenvalue weighted by Gasteiger charge is 2.30. The molecule has 0 saturated heterocycles. The molecule has 140 valence electrons. The SMILES string of the molecule is Cc1ccc(N([C@@H](C)c2ccccc2)S(=O)(=O)c2ccc(C)c(Cl)c2)cc1. The minimum atomic E-state index is -3.80. The van der Waals surface area contributed by atoms with Crippen LogP contribution < -0.4 is 4.31 Å². The molecule has 0 fully saturated rings. The fraction of sp³-hybridized carbons (Fsp3) is 0.182. The first-order valence-electron chi connectivity index (χ1n) is 8.73. The van der Waals surface area contributed by atoms with Crippen LogP contribution in [-0.2, 0) is 10.0 Å². The van der Waals surface area contributed by atoms with Crippen molar-refractivity contribution in [1.82, 2.24) is 0 Å². The molecule has 0 amide bonds. The van der Waals surface area contributed by atoms with Crippen LogP contribution >= 0.6 is 11.6 Å². The molecule has 3 aromatic rings. The molecule has 0 aromatic heterocycles. The van der Waals surface area contributed by atoms with E-state index in [1.165, 1.54) is 10.4 Å². The molecule has 3 nitrogen and oxygen atoms in total. The molecule has 3 aromatic carbocycles. The van der Waals surface area contributed by atoms with Gasteiger partial charge in [0.15, 0.2) is 0 Å². The molecule has 5 heteroatoms. The van der Waals surface area contributed by atoms with Crippen LogP contribution in [0.15, 0.2) is 77.7 Å². The summed E-state index contributed by atoms with van der Waals surface area (Å²) in [7, 11) is -3.80. The lowest BCUT2D eigenvalue weighted by molar-refractivity contribution is 0.583. The monoisotopic (exact) mass is 399 g/mol. The van der Waals surface area contributed by atoms with E-state index in [1.54, 1.807) is 12.1 Å². The van der Waals surface area contributed by atoms with Crippen molar-refractivity contribution >= 4 is 27.3 Å². The van der Waals surface area contributed by atoms with E-state index in [9.17, 15) is 8.42 Å². The van der Waals surface area contributed by atoms with Crippen molar-refractivity contribution in [2.45, 2.75) is 31.7 Å². The lowest BCUT2D eigenvalue weighted by Gasteiger charge is -2.31. The first-order chi connectivity index (χ1) is 12.8. The Morgan fingerprint density at radius 3 is 2.11 bits per heavy atom. The minimum Gasteiger partial charge on any atom is -0.259 e. The average molecular weight is 400 g/mol. The molecular formula is C22H22ClNO2S. The predicted molar refractivity (Wildman–Crippen MR) is 112 cm³/mol. The van der Waals surface area contributed by atoms with E-state index in [4.69, 9.17) is 11.6 Å². The Kier molecular flexibility index (Phi) is 5.59. The normalized spacial score (nSPS) is 12.6. The summed E-state index contributed by atoms with van der Waals surface area (Å²) >= 11 is 6.20. The van der Waals surface area contributed by atoms with Crippen LogP contribution in [0, 0.1) is 13.8 Å². The van der Waals surface area contributed by atoms with Crippen LogP contribution in [0.5, 0.6) is 0 Å². The molecule has 0 aliphatic carbocycles. The van der Waals surface area contributed by atoms with Gasteiger partial charge in [-0.2, -0.15) is 0 Å². The number of halogens is 1. The summed E-state index contributed by atoms with van der Waals surface area (Å²) in [6.07, 6.45) is 0. The molecule has 0 aliphatic heterocycles. The number of benzene rings is 3. The zero-order valence-electron chi connectivity index (χ0n) is 15.6. The quantitative estimate of drug-likeness (QED) is 0.534. The van der Waals surface area contributed by atoms with E-state index < -0.39 is 10.0 Å². The van der Waals surface area contributed by atoms with Crippen molar-refractivity contribution in [2.24, 2.45) is 0 Å². The molecule has 0 saturated carbocycles. The highest BCUT2D eigenvalue weighted by atomic mass is 35.5. The van der Waals surface area contributed by atoms with Crippen molar-refractivity contribution in [3.05, 3.63) is 94.5 Å². The Hall–Kier alpha value is -2.30. The second-order valence-corrected chi connectivity index (χ2v) is 8.86. The van der Waals surface area contributed by atoms with Gasteiger partial charge in [0.25, 0.3) is 10.0 Å². The fourth-order valence-electron chi connectivity index (χ4n) is 2.98. The number of anilines is 1. The Morgan fingerprint density at radius 1 is 0.889 bits per heavy atom. The summed E-state index contributed by atoms with van der Waals surface area (Å²) in [5.74, 6) is 0. The average Bonchev–Trinajstić information content (AvgIpc) is 2.66. The number of rotatable bonds is 5. The van der Waals surface area contributed by atoms with Crippen molar-refractivity contribution in [1.29, 1.82) is 0 Å². The molecule has 0 heterocycles. The third kappa shape index (κ3) is 4.02. The third-order valence-electron chi connectivity index (χ3n) is 4.62. The molecule has 0 unspecified atom stereocenters. The number of nitrogens with zero attached hydrogens (tertiary/aromatic N) is 1. The zero-order valence-corrected chi connectivity index (χ0v) is 17.1. The van der Waals surface area contributed by atoms with Gasteiger partial charge in [0.05, 0.1) is 16.6 Å². The Balaban J connectivity index is 2.16. The maximum absolute atomic E-state index is 13.6. The summed E-state index contributed by atoms with van der Waals surface area (Å²) < 4.78 is 28.6. The van der Waals surface area contributed by atoms with E-state index in [0.29, 0.717) is 10.7 Å². The Labute approximate surface area is 166 Å². The largest absolute Gasteiger partial charge is 0.264 e. The number of sulfonamides is 1. The van der Waals surface area contributed by atoms with Gasteiger partial charge >= 0.3 is 0 Å². The predicted octanol–water partition coefficient (Wildman–Crippen LogP) is 5.91. The molecule has 0 radical (unpaired) electrons. The van der Waals surface area contributed by atoms with Crippen molar-refractivity contribution in [3.63, 3.8) is 0 Å². The maximum Gasteiger partial charge on any atom is 0.264 e. The Morgan fingerprint density at radius 2 is 1.52 bits per heavy atom. The highest BCUT2D eigenvalue weighted by molar-refractivity contribution is 7.92. The van der Waals surface area contributed by atoms with Gasteiger partial charge in [-0.15, -0.1) is 0 Å². The molecular weight excluding hydrogens is 378 g/mol. The van der Waals surface area contributed by atoms with Crippen molar-refractivity contribution in [2.75, 3.05) is 4.31 Å².